The number of fused-ring (bicyclic) bond motifs is 3. The molecule has 2 aliphatic rings. The first-order chi connectivity index (χ1) is 7.75. The molecule has 84 valence electrons. The second-order valence-corrected chi connectivity index (χ2v) is 4.46. The normalized spacial score (nSPS) is 26.9. The maximum atomic E-state index is 10.9. The molecule has 2 aliphatic heterocycles. The van der Waals surface area contributed by atoms with Crippen LogP contribution in [0.1, 0.15) is 17.9 Å². The lowest BCUT2D eigenvalue weighted by molar-refractivity contribution is 0.129. The SMILES string of the molecule is O=C(O)N1CCC2c3ccccc3NC2C1. The Labute approximate surface area is 93.9 Å². The summed E-state index contributed by atoms with van der Waals surface area (Å²) in [5.41, 5.74) is 2.52. The molecule has 1 aromatic carbocycles. The van der Waals surface area contributed by atoms with Crippen LogP contribution in [0.4, 0.5) is 10.5 Å². The molecule has 2 N–H and O–H groups in total. The lowest BCUT2D eigenvalue weighted by Crippen LogP contribution is -2.46. The number of carbonyl (C=O) groups is 1. The van der Waals surface area contributed by atoms with E-state index in [1.54, 1.807) is 0 Å². The number of amides is 1. The van der Waals surface area contributed by atoms with E-state index < -0.39 is 6.09 Å². The Morgan fingerprint density at radius 3 is 3.06 bits per heavy atom. The van der Waals surface area contributed by atoms with Gasteiger partial charge in [0.2, 0.25) is 0 Å². The Morgan fingerprint density at radius 2 is 2.25 bits per heavy atom. The fourth-order valence-electron chi connectivity index (χ4n) is 2.80. The fourth-order valence-corrected chi connectivity index (χ4v) is 2.80. The van der Waals surface area contributed by atoms with Crippen molar-refractivity contribution < 1.29 is 9.90 Å². The van der Waals surface area contributed by atoms with Gasteiger partial charge in [-0.3, -0.25) is 0 Å². The van der Waals surface area contributed by atoms with Crippen molar-refractivity contribution in [1.29, 1.82) is 0 Å². The van der Waals surface area contributed by atoms with E-state index in [4.69, 9.17) is 5.11 Å². The largest absolute Gasteiger partial charge is 0.465 e. The van der Waals surface area contributed by atoms with E-state index in [2.05, 4.69) is 17.4 Å². The number of nitrogens with zero attached hydrogens (tertiary/aromatic N) is 1. The van der Waals surface area contributed by atoms with Crippen LogP contribution in [-0.4, -0.2) is 35.2 Å². The van der Waals surface area contributed by atoms with Crippen LogP contribution in [0.3, 0.4) is 0 Å². The highest BCUT2D eigenvalue weighted by Crippen LogP contribution is 2.40. The molecular weight excluding hydrogens is 204 g/mol. The van der Waals surface area contributed by atoms with E-state index in [1.807, 2.05) is 12.1 Å². The first-order valence-corrected chi connectivity index (χ1v) is 5.59. The number of likely N-dealkylation sites (tertiary alicyclic amines) is 1. The van der Waals surface area contributed by atoms with Gasteiger partial charge in [0.15, 0.2) is 0 Å². The van der Waals surface area contributed by atoms with Gasteiger partial charge in [-0.1, -0.05) is 18.2 Å². The first kappa shape index (κ1) is 9.51. The zero-order valence-corrected chi connectivity index (χ0v) is 8.89. The Balaban J connectivity index is 1.85. The predicted molar refractivity (Wildman–Crippen MR) is 60.8 cm³/mol. The summed E-state index contributed by atoms with van der Waals surface area (Å²) in [7, 11) is 0. The summed E-state index contributed by atoms with van der Waals surface area (Å²) >= 11 is 0. The molecule has 2 unspecified atom stereocenters. The third kappa shape index (κ3) is 1.33. The maximum Gasteiger partial charge on any atom is 0.407 e. The standard InChI is InChI=1S/C12H14N2O2/c15-12(16)14-6-5-9-8-3-1-2-4-10(8)13-11(9)7-14/h1-4,9,11,13H,5-7H2,(H,15,16). The highest BCUT2D eigenvalue weighted by molar-refractivity contribution is 5.66. The summed E-state index contributed by atoms with van der Waals surface area (Å²) in [5.74, 6) is 0.479. The molecule has 16 heavy (non-hydrogen) atoms. The van der Waals surface area contributed by atoms with E-state index in [0.29, 0.717) is 19.0 Å². The number of rotatable bonds is 0. The van der Waals surface area contributed by atoms with Crippen LogP contribution in [0.2, 0.25) is 0 Å². The molecular formula is C12H14N2O2. The molecule has 0 aliphatic carbocycles. The number of anilines is 1. The monoisotopic (exact) mass is 218 g/mol. The molecule has 4 heteroatoms. The molecule has 4 nitrogen and oxygen atoms in total. The summed E-state index contributed by atoms with van der Waals surface area (Å²) in [5, 5.41) is 12.4. The molecule has 1 fully saturated rings. The van der Waals surface area contributed by atoms with Gasteiger partial charge in [-0.05, 0) is 18.1 Å². The minimum absolute atomic E-state index is 0.252. The van der Waals surface area contributed by atoms with Crippen LogP contribution in [-0.2, 0) is 0 Å². The van der Waals surface area contributed by atoms with Gasteiger partial charge in [-0.25, -0.2) is 4.79 Å². The highest BCUT2D eigenvalue weighted by Gasteiger charge is 2.37. The van der Waals surface area contributed by atoms with Crippen LogP contribution >= 0.6 is 0 Å². The van der Waals surface area contributed by atoms with E-state index in [0.717, 1.165) is 6.42 Å². The minimum atomic E-state index is -0.809. The van der Waals surface area contributed by atoms with Crippen LogP contribution < -0.4 is 5.32 Å². The van der Waals surface area contributed by atoms with Crippen molar-refractivity contribution in [2.45, 2.75) is 18.4 Å². The molecule has 2 atom stereocenters. The smallest absolute Gasteiger partial charge is 0.407 e. The van der Waals surface area contributed by atoms with Crippen molar-refractivity contribution >= 4 is 11.8 Å². The Kier molecular flexibility index (Phi) is 2.02. The van der Waals surface area contributed by atoms with E-state index >= 15 is 0 Å². The van der Waals surface area contributed by atoms with Gasteiger partial charge in [0, 0.05) is 24.7 Å². The molecule has 1 amide bonds. The lowest BCUT2D eigenvalue weighted by atomic mass is 9.89. The topological polar surface area (TPSA) is 52.6 Å². The number of hydrogen-bond acceptors (Lipinski definition) is 2. The number of para-hydroxylation sites is 1. The van der Waals surface area contributed by atoms with Gasteiger partial charge in [-0.2, -0.15) is 0 Å². The summed E-state index contributed by atoms with van der Waals surface area (Å²) in [6, 6.07) is 8.52. The minimum Gasteiger partial charge on any atom is -0.465 e. The molecule has 3 rings (SSSR count). The zero-order valence-electron chi connectivity index (χ0n) is 8.89. The average molecular weight is 218 g/mol. The molecule has 0 spiro atoms. The Hall–Kier alpha value is -1.71. The zero-order chi connectivity index (χ0) is 11.1. The predicted octanol–water partition coefficient (Wildman–Crippen LogP) is 1.95. The van der Waals surface area contributed by atoms with Crippen LogP contribution in [0.5, 0.6) is 0 Å². The van der Waals surface area contributed by atoms with Crippen LogP contribution in [0.25, 0.3) is 0 Å². The van der Waals surface area contributed by atoms with Crippen LogP contribution in [0, 0.1) is 0 Å². The molecule has 0 bridgehead atoms. The molecule has 2 heterocycles. The van der Waals surface area contributed by atoms with E-state index in [1.165, 1.54) is 16.2 Å². The molecule has 0 radical (unpaired) electrons. The first-order valence-electron chi connectivity index (χ1n) is 5.59. The highest BCUT2D eigenvalue weighted by atomic mass is 16.4. The van der Waals surface area contributed by atoms with Crippen molar-refractivity contribution in [2.24, 2.45) is 0 Å². The lowest BCUT2D eigenvalue weighted by Gasteiger charge is -2.33. The van der Waals surface area contributed by atoms with Gasteiger partial charge in [-0.15, -0.1) is 0 Å². The average Bonchev–Trinajstić information content (AvgIpc) is 2.66. The number of piperidine rings is 1. The second kappa shape index (κ2) is 3.40. The van der Waals surface area contributed by atoms with Crippen molar-refractivity contribution in [3.63, 3.8) is 0 Å². The van der Waals surface area contributed by atoms with Gasteiger partial charge >= 0.3 is 6.09 Å². The number of nitrogens with one attached hydrogen (secondary N) is 1. The Bertz CT molecular complexity index is 433. The summed E-state index contributed by atoms with van der Waals surface area (Å²) in [4.78, 5) is 12.4. The van der Waals surface area contributed by atoms with E-state index in [9.17, 15) is 4.79 Å². The van der Waals surface area contributed by atoms with Gasteiger partial charge in [0.25, 0.3) is 0 Å². The number of carboxylic acid groups (broad SMARTS) is 1. The fraction of sp³-hybridized carbons (Fsp3) is 0.417. The summed E-state index contributed by atoms with van der Waals surface area (Å²) in [6.07, 6.45) is 0.109. The summed E-state index contributed by atoms with van der Waals surface area (Å²) < 4.78 is 0. The number of benzene rings is 1. The van der Waals surface area contributed by atoms with Crippen LogP contribution in [0.15, 0.2) is 24.3 Å². The molecule has 0 aromatic heterocycles. The van der Waals surface area contributed by atoms with E-state index in [-0.39, 0.29) is 6.04 Å². The Morgan fingerprint density at radius 1 is 1.44 bits per heavy atom. The van der Waals surface area contributed by atoms with Gasteiger partial charge in [0.1, 0.15) is 0 Å². The van der Waals surface area contributed by atoms with Gasteiger partial charge < -0.3 is 15.3 Å². The quantitative estimate of drug-likeness (QED) is 0.699. The number of hydrogen-bond donors (Lipinski definition) is 2. The van der Waals surface area contributed by atoms with Crippen molar-refractivity contribution in [1.82, 2.24) is 4.90 Å². The maximum absolute atomic E-state index is 10.9. The van der Waals surface area contributed by atoms with Crippen molar-refractivity contribution in [3.05, 3.63) is 29.8 Å². The second-order valence-electron chi connectivity index (χ2n) is 4.46. The van der Waals surface area contributed by atoms with Gasteiger partial charge in [0.05, 0.1) is 6.04 Å². The molecule has 1 saturated heterocycles. The molecule has 0 saturated carbocycles. The third-order valence-electron chi connectivity index (χ3n) is 3.58. The van der Waals surface area contributed by atoms with Crippen molar-refractivity contribution in [2.75, 3.05) is 18.4 Å². The third-order valence-corrected chi connectivity index (χ3v) is 3.58. The summed E-state index contributed by atoms with van der Waals surface area (Å²) in [6.45, 7) is 1.24. The molecule has 1 aromatic rings. The van der Waals surface area contributed by atoms with Crippen molar-refractivity contribution in [3.8, 4) is 0 Å².